The van der Waals surface area contributed by atoms with Crippen LogP contribution in [0.3, 0.4) is 0 Å². The third-order valence-corrected chi connectivity index (χ3v) is 5.18. The third kappa shape index (κ3) is 3.89. The standard InChI is InChI=1S/C19H26N2O3/c1-14-8-5-6-11-16(14)20-18(22)17-12-7-13-21(17)19(23)24-15-9-3-2-4-10-15/h2-4,9-10,14,16-17H,5-8,11-13H2,1H3,(H,20,22)/t14-,16-,17+/m1/s1. The van der Waals surface area contributed by atoms with Crippen molar-refractivity contribution in [2.45, 2.75) is 57.5 Å². The van der Waals surface area contributed by atoms with E-state index in [0.29, 0.717) is 24.6 Å². The number of nitrogens with one attached hydrogen (secondary N) is 1. The number of rotatable bonds is 3. The van der Waals surface area contributed by atoms with Gasteiger partial charge in [0.25, 0.3) is 0 Å². The molecule has 1 saturated carbocycles. The third-order valence-electron chi connectivity index (χ3n) is 5.18. The Labute approximate surface area is 143 Å². The largest absolute Gasteiger partial charge is 0.415 e. The number of benzene rings is 1. The van der Waals surface area contributed by atoms with Crippen LogP contribution in [-0.2, 0) is 4.79 Å². The van der Waals surface area contributed by atoms with E-state index in [1.54, 1.807) is 17.0 Å². The molecule has 3 atom stereocenters. The molecule has 0 bridgehead atoms. The predicted molar refractivity (Wildman–Crippen MR) is 91.8 cm³/mol. The van der Waals surface area contributed by atoms with E-state index in [1.165, 1.54) is 12.8 Å². The Hall–Kier alpha value is -2.04. The van der Waals surface area contributed by atoms with Crippen LogP contribution in [0.5, 0.6) is 5.75 Å². The normalized spacial score (nSPS) is 26.9. The quantitative estimate of drug-likeness (QED) is 0.924. The summed E-state index contributed by atoms with van der Waals surface area (Å²) in [5.41, 5.74) is 0. The maximum absolute atomic E-state index is 12.7. The Balaban J connectivity index is 1.59. The van der Waals surface area contributed by atoms with E-state index in [1.807, 2.05) is 18.2 Å². The lowest BCUT2D eigenvalue weighted by atomic mass is 9.86. The minimum Gasteiger partial charge on any atom is -0.410 e. The summed E-state index contributed by atoms with van der Waals surface area (Å²) < 4.78 is 5.40. The first kappa shape index (κ1) is 16.8. The molecule has 2 fully saturated rings. The van der Waals surface area contributed by atoms with Gasteiger partial charge in [-0.05, 0) is 43.7 Å². The average molecular weight is 330 g/mol. The zero-order chi connectivity index (χ0) is 16.9. The van der Waals surface area contributed by atoms with Gasteiger partial charge in [-0.1, -0.05) is 38.0 Å². The Morgan fingerprint density at radius 1 is 1.08 bits per heavy atom. The topological polar surface area (TPSA) is 58.6 Å². The van der Waals surface area contributed by atoms with E-state index in [2.05, 4.69) is 12.2 Å². The first-order valence-electron chi connectivity index (χ1n) is 8.99. The molecule has 0 radical (unpaired) electrons. The summed E-state index contributed by atoms with van der Waals surface area (Å²) in [6.45, 7) is 2.77. The van der Waals surface area contributed by atoms with Crippen molar-refractivity contribution in [2.24, 2.45) is 5.92 Å². The molecule has 5 nitrogen and oxygen atoms in total. The van der Waals surface area contributed by atoms with Gasteiger partial charge in [-0.3, -0.25) is 9.69 Å². The van der Waals surface area contributed by atoms with Crippen LogP contribution in [0.4, 0.5) is 4.79 Å². The van der Waals surface area contributed by atoms with Crippen molar-refractivity contribution in [3.8, 4) is 5.75 Å². The highest BCUT2D eigenvalue weighted by atomic mass is 16.6. The van der Waals surface area contributed by atoms with Crippen LogP contribution in [0.15, 0.2) is 30.3 Å². The van der Waals surface area contributed by atoms with Crippen LogP contribution in [0.2, 0.25) is 0 Å². The molecule has 1 aliphatic heterocycles. The van der Waals surface area contributed by atoms with E-state index < -0.39 is 12.1 Å². The second-order valence-electron chi connectivity index (χ2n) is 6.91. The fourth-order valence-electron chi connectivity index (χ4n) is 3.72. The minimum atomic E-state index is -0.435. The molecule has 1 N–H and O–H groups in total. The summed E-state index contributed by atoms with van der Waals surface area (Å²) in [6, 6.07) is 8.82. The summed E-state index contributed by atoms with van der Waals surface area (Å²) in [6.07, 6.45) is 5.71. The number of ether oxygens (including phenoxy) is 1. The number of para-hydroxylation sites is 1. The number of carbonyl (C=O) groups is 2. The van der Waals surface area contributed by atoms with Crippen molar-refractivity contribution in [1.82, 2.24) is 10.2 Å². The molecule has 5 heteroatoms. The van der Waals surface area contributed by atoms with Gasteiger partial charge in [0.2, 0.25) is 5.91 Å². The zero-order valence-corrected chi connectivity index (χ0v) is 14.2. The number of hydrogen-bond acceptors (Lipinski definition) is 3. The lowest BCUT2D eigenvalue weighted by Crippen LogP contribution is -2.51. The molecule has 1 aromatic carbocycles. The number of likely N-dealkylation sites (tertiary alicyclic amines) is 1. The molecule has 130 valence electrons. The Bertz CT molecular complexity index is 575. The maximum atomic E-state index is 12.7. The van der Waals surface area contributed by atoms with E-state index >= 15 is 0 Å². The van der Waals surface area contributed by atoms with Gasteiger partial charge in [-0.2, -0.15) is 0 Å². The van der Waals surface area contributed by atoms with Crippen LogP contribution in [-0.4, -0.2) is 35.5 Å². The molecule has 0 unspecified atom stereocenters. The first-order chi connectivity index (χ1) is 11.6. The first-order valence-corrected chi connectivity index (χ1v) is 8.99. The summed E-state index contributed by atoms with van der Waals surface area (Å²) in [4.78, 5) is 26.6. The smallest absolute Gasteiger partial charge is 0.410 e. The highest BCUT2D eigenvalue weighted by Gasteiger charge is 2.36. The minimum absolute atomic E-state index is 0.0312. The van der Waals surface area contributed by atoms with Crippen molar-refractivity contribution >= 4 is 12.0 Å². The molecule has 3 rings (SSSR count). The van der Waals surface area contributed by atoms with Crippen LogP contribution in [0.25, 0.3) is 0 Å². The monoisotopic (exact) mass is 330 g/mol. The molecular weight excluding hydrogens is 304 g/mol. The Morgan fingerprint density at radius 3 is 2.58 bits per heavy atom. The van der Waals surface area contributed by atoms with Gasteiger partial charge < -0.3 is 10.1 Å². The highest BCUT2D eigenvalue weighted by Crippen LogP contribution is 2.25. The van der Waals surface area contributed by atoms with E-state index in [9.17, 15) is 9.59 Å². The van der Waals surface area contributed by atoms with Crippen molar-refractivity contribution in [2.75, 3.05) is 6.54 Å². The molecule has 2 amide bonds. The van der Waals surface area contributed by atoms with Gasteiger partial charge in [-0.25, -0.2) is 4.79 Å². The van der Waals surface area contributed by atoms with Crippen LogP contribution in [0, 0.1) is 5.92 Å². The molecule has 1 aliphatic carbocycles. The van der Waals surface area contributed by atoms with Gasteiger partial charge in [0.1, 0.15) is 11.8 Å². The molecule has 2 aliphatic rings. The Kier molecular flexibility index (Phi) is 5.38. The average Bonchev–Trinajstić information content (AvgIpc) is 3.08. The Morgan fingerprint density at radius 2 is 1.83 bits per heavy atom. The lowest BCUT2D eigenvalue weighted by Gasteiger charge is -2.31. The molecule has 0 spiro atoms. The molecule has 0 aromatic heterocycles. The van der Waals surface area contributed by atoms with Crippen LogP contribution < -0.4 is 10.1 Å². The predicted octanol–water partition coefficient (Wildman–Crippen LogP) is 3.34. The molecule has 1 aromatic rings. The van der Waals surface area contributed by atoms with Crippen molar-refractivity contribution < 1.29 is 14.3 Å². The number of hydrogen-bond donors (Lipinski definition) is 1. The summed E-state index contributed by atoms with van der Waals surface area (Å²) in [5.74, 6) is 0.986. The van der Waals surface area contributed by atoms with Gasteiger partial charge in [0.15, 0.2) is 0 Å². The molecule has 24 heavy (non-hydrogen) atoms. The van der Waals surface area contributed by atoms with Gasteiger partial charge in [0.05, 0.1) is 0 Å². The second kappa shape index (κ2) is 7.69. The van der Waals surface area contributed by atoms with Gasteiger partial charge in [0, 0.05) is 12.6 Å². The van der Waals surface area contributed by atoms with Crippen molar-refractivity contribution in [3.05, 3.63) is 30.3 Å². The van der Waals surface area contributed by atoms with Crippen LogP contribution in [0.1, 0.15) is 45.4 Å². The van der Waals surface area contributed by atoms with Crippen LogP contribution >= 0.6 is 0 Å². The zero-order valence-electron chi connectivity index (χ0n) is 14.2. The number of carbonyl (C=O) groups excluding carboxylic acids is 2. The molecule has 1 heterocycles. The maximum Gasteiger partial charge on any atom is 0.415 e. The fraction of sp³-hybridized carbons (Fsp3) is 0.579. The van der Waals surface area contributed by atoms with E-state index in [0.717, 1.165) is 19.3 Å². The molecular formula is C19H26N2O3. The summed E-state index contributed by atoms with van der Waals surface area (Å²) >= 11 is 0. The van der Waals surface area contributed by atoms with Gasteiger partial charge >= 0.3 is 6.09 Å². The SMILES string of the molecule is C[C@@H]1CCCC[C@H]1NC(=O)[C@@H]1CCCN1C(=O)Oc1ccccc1. The highest BCUT2D eigenvalue weighted by molar-refractivity contribution is 5.86. The number of amides is 2. The van der Waals surface area contributed by atoms with Crippen molar-refractivity contribution in [3.63, 3.8) is 0 Å². The summed E-state index contributed by atoms with van der Waals surface area (Å²) in [5, 5.41) is 3.17. The van der Waals surface area contributed by atoms with Crippen molar-refractivity contribution in [1.29, 1.82) is 0 Å². The van der Waals surface area contributed by atoms with E-state index in [4.69, 9.17) is 4.74 Å². The van der Waals surface area contributed by atoms with E-state index in [-0.39, 0.29) is 11.9 Å². The molecule has 1 saturated heterocycles. The summed E-state index contributed by atoms with van der Waals surface area (Å²) in [7, 11) is 0. The fourth-order valence-corrected chi connectivity index (χ4v) is 3.72. The lowest BCUT2D eigenvalue weighted by molar-refractivity contribution is -0.126. The number of nitrogens with zero attached hydrogens (tertiary/aromatic N) is 1. The second-order valence-corrected chi connectivity index (χ2v) is 6.91. The van der Waals surface area contributed by atoms with Gasteiger partial charge in [-0.15, -0.1) is 0 Å².